The van der Waals surface area contributed by atoms with E-state index < -0.39 is 47.7 Å². The number of hydrogen-bond donors (Lipinski definition) is 4. The van der Waals surface area contributed by atoms with Crippen molar-refractivity contribution in [2.45, 2.75) is 124 Å². The lowest BCUT2D eigenvalue weighted by Gasteiger charge is -2.40. The van der Waals surface area contributed by atoms with Gasteiger partial charge in [0.1, 0.15) is 22.5 Å². The highest BCUT2D eigenvalue weighted by atomic mass is 32.1. The van der Waals surface area contributed by atoms with E-state index in [-0.39, 0.29) is 60.6 Å². The number of amides is 3. The molecule has 0 spiro atoms. The molecular formula is C43H63N5O8S. The van der Waals surface area contributed by atoms with E-state index in [1.807, 2.05) is 34.7 Å². The number of likely N-dealkylation sites (tertiary alicyclic amines) is 1. The van der Waals surface area contributed by atoms with Gasteiger partial charge in [0, 0.05) is 43.6 Å². The topological polar surface area (TPSA) is 178 Å². The minimum atomic E-state index is -1.02. The van der Waals surface area contributed by atoms with Crippen LogP contribution in [0.3, 0.4) is 0 Å². The number of piperidine rings is 1. The quantitative estimate of drug-likeness (QED) is 0.0437. The molecule has 7 atom stereocenters. The third kappa shape index (κ3) is 14.4. The lowest BCUT2D eigenvalue weighted by atomic mass is 9.87. The van der Waals surface area contributed by atoms with Gasteiger partial charge in [0.25, 0.3) is 0 Å². The Kier molecular flexibility index (Phi) is 19.0. The van der Waals surface area contributed by atoms with E-state index >= 15 is 0 Å². The number of nitrogens with zero attached hydrogens (tertiary/aromatic N) is 3. The number of carbonyl (C=O) groups is 5. The number of ether oxygens (including phenoxy) is 1. The molecule has 0 aliphatic carbocycles. The van der Waals surface area contributed by atoms with Crippen molar-refractivity contribution in [2.24, 2.45) is 29.6 Å². The van der Waals surface area contributed by atoms with Crippen LogP contribution in [0.1, 0.15) is 116 Å². The molecule has 2 aromatic rings. The molecular weight excluding hydrogens is 747 g/mol. The van der Waals surface area contributed by atoms with Crippen molar-refractivity contribution >= 4 is 46.8 Å². The van der Waals surface area contributed by atoms with Gasteiger partial charge in [-0.2, -0.15) is 0 Å². The van der Waals surface area contributed by atoms with Crippen LogP contribution in [0.25, 0.3) is 0 Å². The monoisotopic (exact) mass is 809 g/mol. The smallest absolute Gasteiger partial charge is 0.306 e. The van der Waals surface area contributed by atoms with Gasteiger partial charge in [0.05, 0.1) is 12.1 Å². The van der Waals surface area contributed by atoms with E-state index in [1.54, 1.807) is 29.3 Å². The number of aliphatic carboxylic acids is 1. The predicted molar refractivity (Wildman–Crippen MR) is 221 cm³/mol. The fourth-order valence-corrected chi connectivity index (χ4v) is 8.11. The summed E-state index contributed by atoms with van der Waals surface area (Å²) in [5, 5.41) is 27.4. The van der Waals surface area contributed by atoms with Crippen molar-refractivity contribution in [3.05, 3.63) is 40.2 Å². The van der Waals surface area contributed by atoms with E-state index in [0.717, 1.165) is 31.4 Å². The third-order valence-corrected chi connectivity index (χ3v) is 11.9. The molecule has 1 fully saturated rings. The standard InChI is InChI=1S/C43H63N5O8S/c1-9-11-12-14-22-48(42(53)38(28(5)10-2)40(52)46-37-16-13-15-21-47(37)8)34(27(3)4)25-35(56-30(7)49)41-45-36(26-57-41)44-39(51)32(23-29(6)43(54)55)24-31-17-19-33(50)20-18-31/h1,17-20,26-29,32,34-35,37-38,50H,10-16,21-25H2,2-8H3,(H,44,51)(H,46,52)(H,54,55)/t28-,29-,32+,34+,35+,37+,38-/m0/s1. The average Bonchev–Trinajstić information content (AvgIpc) is 3.63. The van der Waals surface area contributed by atoms with Gasteiger partial charge in [0.15, 0.2) is 6.10 Å². The van der Waals surface area contributed by atoms with Gasteiger partial charge in [0.2, 0.25) is 17.7 Å². The summed E-state index contributed by atoms with van der Waals surface area (Å²) in [6.07, 6.45) is 10.4. The number of carboxylic acids is 1. The number of thiazole rings is 1. The van der Waals surface area contributed by atoms with Crippen LogP contribution in [0.5, 0.6) is 5.75 Å². The Bertz CT molecular complexity index is 1670. The van der Waals surface area contributed by atoms with E-state index in [2.05, 4.69) is 26.4 Å². The molecule has 3 rings (SSSR count). The number of aromatic hydroxyl groups is 1. The number of carbonyl (C=O) groups excluding carboxylic acids is 4. The number of nitrogens with one attached hydrogen (secondary N) is 2. The highest BCUT2D eigenvalue weighted by Gasteiger charge is 2.40. The van der Waals surface area contributed by atoms with Crippen molar-refractivity contribution in [3.8, 4) is 18.1 Å². The fourth-order valence-electron chi connectivity index (χ4n) is 7.32. The molecule has 2 heterocycles. The molecule has 1 saturated heterocycles. The second-order valence-corrected chi connectivity index (χ2v) is 16.7. The summed E-state index contributed by atoms with van der Waals surface area (Å²) in [5.74, 6) is -2.36. The zero-order valence-corrected chi connectivity index (χ0v) is 35.5. The maximum absolute atomic E-state index is 14.8. The van der Waals surface area contributed by atoms with Gasteiger partial charge < -0.3 is 30.5 Å². The Morgan fingerprint density at radius 1 is 1.07 bits per heavy atom. The summed E-state index contributed by atoms with van der Waals surface area (Å²) in [4.78, 5) is 75.4. The molecule has 14 heteroatoms. The summed E-state index contributed by atoms with van der Waals surface area (Å²) in [6, 6.07) is 5.94. The lowest BCUT2D eigenvalue weighted by molar-refractivity contribution is -0.151. The van der Waals surface area contributed by atoms with Crippen molar-refractivity contribution in [1.82, 2.24) is 20.1 Å². The van der Waals surface area contributed by atoms with E-state index in [1.165, 1.54) is 30.4 Å². The number of terminal acetylenes is 1. The van der Waals surface area contributed by atoms with Crippen LogP contribution in [-0.4, -0.2) is 87.0 Å². The summed E-state index contributed by atoms with van der Waals surface area (Å²) in [6.45, 7) is 12.0. The third-order valence-electron chi connectivity index (χ3n) is 10.9. The molecule has 314 valence electrons. The zero-order valence-electron chi connectivity index (χ0n) is 34.7. The van der Waals surface area contributed by atoms with Crippen LogP contribution >= 0.6 is 11.3 Å². The number of unbranched alkanes of at least 4 members (excludes halogenated alkanes) is 2. The first kappa shape index (κ1) is 46.9. The number of hydrogen-bond acceptors (Lipinski definition) is 10. The van der Waals surface area contributed by atoms with E-state index in [4.69, 9.17) is 11.2 Å². The van der Waals surface area contributed by atoms with Crippen LogP contribution < -0.4 is 10.6 Å². The second-order valence-electron chi connectivity index (χ2n) is 15.8. The first-order valence-corrected chi connectivity index (χ1v) is 21.1. The Hall–Kier alpha value is -4.48. The minimum Gasteiger partial charge on any atom is -0.508 e. The molecule has 0 radical (unpaired) electrons. The first-order valence-electron chi connectivity index (χ1n) is 20.2. The molecule has 4 N–H and O–H groups in total. The average molecular weight is 810 g/mol. The number of benzene rings is 1. The Labute approximate surface area is 342 Å². The Morgan fingerprint density at radius 2 is 1.77 bits per heavy atom. The number of esters is 1. The lowest BCUT2D eigenvalue weighted by Crippen LogP contribution is -2.56. The highest BCUT2D eigenvalue weighted by Crippen LogP contribution is 2.34. The van der Waals surface area contributed by atoms with E-state index in [0.29, 0.717) is 37.2 Å². The Balaban J connectivity index is 1.93. The van der Waals surface area contributed by atoms with Crippen LogP contribution in [0.2, 0.25) is 0 Å². The van der Waals surface area contributed by atoms with Gasteiger partial charge in [-0.15, -0.1) is 23.7 Å². The van der Waals surface area contributed by atoms with Crippen LogP contribution in [0.15, 0.2) is 29.6 Å². The van der Waals surface area contributed by atoms with Gasteiger partial charge in [-0.3, -0.25) is 28.9 Å². The molecule has 57 heavy (non-hydrogen) atoms. The van der Waals surface area contributed by atoms with Crippen molar-refractivity contribution in [3.63, 3.8) is 0 Å². The molecule has 0 unspecified atom stereocenters. The van der Waals surface area contributed by atoms with Gasteiger partial charge >= 0.3 is 11.9 Å². The summed E-state index contributed by atoms with van der Waals surface area (Å²) in [7, 11) is 1.98. The van der Waals surface area contributed by atoms with Crippen molar-refractivity contribution in [1.29, 1.82) is 0 Å². The second kappa shape index (κ2) is 23.1. The SMILES string of the molecule is C#CCCCCN(C(=O)[C@H](C(=O)N[C@H]1CCCCN1C)[C@@H](C)CC)[C@H](C[C@@H](OC(C)=O)c1nc(NC(=O)[C@@H](Cc2ccc(O)cc2)C[C@H](C)C(=O)O)cs1)C(C)C. The normalized spacial score (nSPS) is 17.6. The first-order chi connectivity index (χ1) is 27.1. The summed E-state index contributed by atoms with van der Waals surface area (Å²) < 4.78 is 5.87. The Morgan fingerprint density at radius 3 is 2.37 bits per heavy atom. The number of aromatic nitrogens is 1. The molecule has 1 aromatic carbocycles. The number of rotatable bonds is 22. The minimum absolute atomic E-state index is 0.0728. The van der Waals surface area contributed by atoms with E-state index in [9.17, 15) is 34.2 Å². The molecule has 1 aliphatic heterocycles. The van der Waals surface area contributed by atoms with Gasteiger partial charge in [-0.05, 0) is 88.1 Å². The molecule has 0 bridgehead atoms. The predicted octanol–water partition coefficient (Wildman–Crippen LogP) is 6.63. The number of phenolic OH excluding ortho intramolecular Hbond substituents is 1. The number of carboxylic acid groups (broad SMARTS) is 1. The van der Waals surface area contributed by atoms with Crippen molar-refractivity contribution in [2.75, 3.05) is 25.5 Å². The van der Waals surface area contributed by atoms with Crippen LogP contribution in [-0.2, 0) is 35.1 Å². The number of phenols is 1. The highest BCUT2D eigenvalue weighted by molar-refractivity contribution is 7.10. The van der Waals surface area contributed by atoms with Crippen LogP contribution in [0.4, 0.5) is 5.82 Å². The van der Waals surface area contributed by atoms with Gasteiger partial charge in [-0.1, -0.05) is 53.2 Å². The van der Waals surface area contributed by atoms with Crippen LogP contribution in [0, 0.1) is 41.9 Å². The zero-order chi connectivity index (χ0) is 42.2. The van der Waals surface area contributed by atoms with Gasteiger partial charge in [-0.25, -0.2) is 4.98 Å². The number of anilines is 1. The molecule has 3 amide bonds. The molecule has 0 saturated carbocycles. The largest absolute Gasteiger partial charge is 0.508 e. The summed E-state index contributed by atoms with van der Waals surface area (Å²) in [5.41, 5.74) is 0.756. The van der Waals surface area contributed by atoms with Crippen molar-refractivity contribution < 1.29 is 38.9 Å². The summed E-state index contributed by atoms with van der Waals surface area (Å²) >= 11 is 1.20. The fraction of sp³-hybridized carbons (Fsp3) is 0.628. The maximum atomic E-state index is 14.8. The molecule has 1 aliphatic rings. The molecule has 1 aromatic heterocycles. The molecule has 13 nitrogen and oxygen atoms in total. The maximum Gasteiger partial charge on any atom is 0.306 e.